The molecule has 0 aromatic rings. The lowest BCUT2D eigenvalue weighted by molar-refractivity contribution is 0.186. The molecule has 0 heterocycles. The van der Waals surface area contributed by atoms with E-state index in [1.54, 1.807) is 6.08 Å². The third-order valence-electron chi connectivity index (χ3n) is 2.53. The minimum atomic E-state index is -0.341. The van der Waals surface area contributed by atoms with Crippen LogP contribution >= 0.6 is 0 Å². The fourth-order valence-electron chi connectivity index (χ4n) is 1.45. The quantitative estimate of drug-likeness (QED) is 0.428. The third-order valence-corrected chi connectivity index (χ3v) is 2.53. The van der Waals surface area contributed by atoms with Crippen LogP contribution in [0.4, 0.5) is 0 Å². The molecule has 2 heteroatoms. The second kappa shape index (κ2) is 8.45. The highest BCUT2D eigenvalue weighted by molar-refractivity contribution is 5.03. The number of nitrogens with one attached hydrogen (secondary N) is 1. The zero-order valence-corrected chi connectivity index (χ0v) is 9.54. The smallest absolute Gasteiger partial charge is 0.0649 e. The predicted molar refractivity (Wildman–Crippen MR) is 66.9 cm³/mol. The van der Waals surface area contributed by atoms with Crippen LogP contribution in [0.3, 0.4) is 0 Å². The van der Waals surface area contributed by atoms with Crippen LogP contribution in [0.15, 0.2) is 38.0 Å². The average Bonchev–Trinajstić information content (AvgIpc) is 2.28. The van der Waals surface area contributed by atoms with Crippen LogP contribution in [0.1, 0.15) is 25.7 Å². The number of unbranched alkanes of at least 4 members (excludes halogenated alkanes) is 1. The summed E-state index contributed by atoms with van der Waals surface area (Å²) in [5.41, 5.74) is -0.341. The molecular formula is C13H23NO. The predicted octanol–water partition coefficient (Wildman–Crippen LogP) is 2.43. The van der Waals surface area contributed by atoms with E-state index in [-0.39, 0.29) is 12.1 Å². The lowest BCUT2D eigenvalue weighted by Gasteiger charge is -2.29. The van der Waals surface area contributed by atoms with E-state index in [1.807, 2.05) is 12.2 Å². The number of allylic oxidation sites excluding steroid dienone is 1. The fraction of sp³-hybridized carbons (Fsp3) is 0.538. The topological polar surface area (TPSA) is 32.3 Å². The second-order valence-electron chi connectivity index (χ2n) is 3.70. The van der Waals surface area contributed by atoms with Gasteiger partial charge in [0.25, 0.3) is 0 Å². The summed E-state index contributed by atoms with van der Waals surface area (Å²) in [5, 5.41) is 12.7. The molecule has 0 spiro atoms. The van der Waals surface area contributed by atoms with Crippen LogP contribution in [0, 0.1) is 0 Å². The highest BCUT2D eigenvalue weighted by atomic mass is 16.3. The van der Waals surface area contributed by atoms with Gasteiger partial charge in [0.1, 0.15) is 0 Å². The first-order valence-electron chi connectivity index (χ1n) is 5.46. The molecule has 0 aliphatic carbocycles. The van der Waals surface area contributed by atoms with Gasteiger partial charge in [-0.2, -0.15) is 0 Å². The van der Waals surface area contributed by atoms with Crippen molar-refractivity contribution in [2.75, 3.05) is 13.2 Å². The summed E-state index contributed by atoms with van der Waals surface area (Å²) in [7, 11) is 0. The van der Waals surface area contributed by atoms with Crippen molar-refractivity contribution in [3.8, 4) is 0 Å². The molecule has 0 amide bonds. The van der Waals surface area contributed by atoms with Gasteiger partial charge in [-0.15, -0.1) is 19.7 Å². The zero-order valence-electron chi connectivity index (χ0n) is 9.54. The van der Waals surface area contributed by atoms with Gasteiger partial charge in [0, 0.05) is 0 Å². The molecule has 86 valence electrons. The van der Waals surface area contributed by atoms with Crippen LogP contribution in [0.2, 0.25) is 0 Å². The molecule has 1 atom stereocenters. The van der Waals surface area contributed by atoms with Gasteiger partial charge in [0.15, 0.2) is 0 Å². The van der Waals surface area contributed by atoms with E-state index in [1.165, 1.54) is 0 Å². The molecule has 0 saturated heterocycles. The maximum absolute atomic E-state index is 9.39. The van der Waals surface area contributed by atoms with Crippen molar-refractivity contribution in [1.82, 2.24) is 5.32 Å². The van der Waals surface area contributed by atoms with Crippen LogP contribution < -0.4 is 5.32 Å². The van der Waals surface area contributed by atoms with E-state index in [0.717, 1.165) is 32.2 Å². The molecular weight excluding hydrogens is 186 g/mol. The maximum Gasteiger partial charge on any atom is 0.0649 e. The van der Waals surface area contributed by atoms with E-state index < -0.39 is 0 Å². The van der Waals surface area contributed by atoms with Crippen LogP contribution in [0.5, 0.6) is 0 Å². The van der Waals surface area contributed by atoms with Gasteiger partial charge >= 0.3 is 0 Å². The number of hydrogen-bond acceptors (Lipinski definition) is 2. The Morgan fingerprint density at radius 1 is 1.13 bits per heavy atom. The van der Waals surface area contributed by atoms with Crippen LogP contribution in [0.25, 0.3) is 0 Å². The molecule has 0 aliphatic rings. The molecule has 2 N–H and O–H groups in total. The molecule has 2 nitrogen and oxygen atoms in total. The molecule has 0 fully saturated rings. The molecule has 15 heavy (non-hydrogen) atoms. The third kappa shape index (κ3) is 5.55. The van der Waals surface area contributed by atoms with Crippen molar-refractivity contribution in [1.29, 1.82) is 0 Å². The SMILES string of the molecule is C=CCCCC(C=C)(CO)NCCC=C. The Bertz CT molecular complexity index is 185. The summed E-state index contributed by atoms with van der Waals surface area (Å²) in [4.78, 5) is 0. The van der Waals surface area contributed by atoms with Crippen LogP contribution in [-0.4, -0.2) is 23.8 Å². The first-order valence-corrected chi connectivity index (χ1v) is 5.46. The molecule has 0 aromatic carbocycles. The van der Waals surface area contributed by atoms with Gasteiger partial charge in [0.05, 0.1) is 12.1 Å². The highest BCUT2D eigenvalue weighted by Crippen LogP contribution is 2.15. The largest absolute Gasteiger partial charge is 0.394 e. The Morgan fingerprint density at radius 2 is 1.80 bits per heavy atom. The van der Waals surface area contributed by atoms with E-state index in [0.29, 0.717) is 0 Å². The Labute approximate surface area is 93.4 Å². The van der Waals surface area contributed by atoms with Crippen molar-refractivity contribution in [2.45, 2.75) is 31.2 Å². The summed E-state index contributed by atoms with van der Waals surface area (Å²) in [6.45, 7) is 12.1. The van der Waals surface area contributed by atoms with Gasteiger partial charge in [-0.25, -0.2) is 0 Å². The summed E-state index contributed by atoms with van der Waals surface area (Å²) in [6, 6.07) is 0. The van der Waals surface area contributed by atoms with Crippen molar-refractivity contribution >= 4 is 0 Å². The molecule has 0 aliphatic heterocycles. The zero-order chi connectivity index (χ0) is 11.6. The van der Waals surface area contributed by atoms with Crippen molar-refractivity contribution in [3.05, 3.63) is 38.0 Å². The van der Waals surface area contributed by atoms with Gasteiger partial charge < -0.3 is 10.4 Å². The average molecular weight is 209 g/mol. The number of aliphatic hydroxyl groups is 1. The number of hydrogen-bond donors (Lipinski definition) is 2. The van der Waals surface area contributed by atoms with E-state index >= 15 is 0 Å². The first-order chi connectivity index (χ1) is 7.24. The normalized spacial score (nSPS) is 14.2. The standard InChI is InChI=1S/C13H23NO/c1-4-7-9-10-13(6-3,12-15)14-11-8-5-2/h4-6,14-15H,1-3,7-12H2. The summed E-state index contributed by atoms with van der Waals surface area (Å²) in [6.07, 6.45) is 9.33. The monoisotopic (exact) mass is 209 g/mol. The summed E-state index contributed by atoms with van der Waals surface area (Å²) < 4.78 is 0. The summed E-state index contributed by atoms with van der Waals surface area (Å²) >= 11 is 0. The maximum atomic E-state index is 9.39. The van der Waals surface area contributed by atoms with E-state index in [4.69, 9.17) is 0 Å². The summed E-state index contributed by atoms with van der Waals surface area (Å²) in [5.74, 6) is 0. The molecule has 0 radical (unpaired) electrons. The second-order valence-corrected chi connectivity index (χ2v) is 3.70. The molecule has 1 unspecified atom stereocenters. The van der Waals surface area contributed by atoms with Crippen LogP contribution in [-0.2, 0) is 0 Å². The van der Waals surface area contributed by atoms with Crippen molar-refractivity contribution in [3.63, 3.8) is 0 Å². The highest BCUT2D eigenvalue weighted by Gasteiger charge is 2.23. The van der Waals surface area contributed by atoms with Crippen molar-refractivity contribution in [2.24, 2.45) is 0 Å². The Morgan fingerprint density at radius 3 is 2.27 bits per heavy atom. The molecule has 0 rings (SSSR count). The Balaban J connectivity index is 4.09. The minimum Gasteiger partial charge on any atom is -0.394 e. The molecule has 0 saturated carbocycles. The number of rotatable bonds is 10. The number of aliphatic hydroxyl groups excluding tert-OH is 1. The Hall–Kier alpha value is -0.860. The lowest BCUT2D eigenvalue weighted by atomic mass is 9.93. The fourth-order valence-corrected chi connectivity index (χ4v) is 1.45. The van der Waals surface area contributed by atoms with E-state index in [9.17, 15) is 5.11 Å². The van der Waals surface area contributed by atoms with Gasteiger partial charge in [-0.05, 0) is 32.2 Å². The first kappa shape index (κ1) is 14.1. The minimum absolute atomic E-state index is 0.0881. The van der Waals surface area contributed by atoms with Gasteiger partial charge in [0.2, 0.25) is 0 Å². The molecule has 0 bridgehead atoms. The lowest BCUT2D eigenvalue weighted by Crippen LogP contribution is -2.47. The Kier molecular flexibility index (Phi) is 7.96. The van der Waals surface area contributed by atoms with Gasteiger partial charge in [-0.3, -0.25) is 0 Å². The molecule has 0 aromatic heterocycles. The van der Waals surface area contributed by atoms with E-state index in [2.05, 4.69) is 25.1 Å². The van der Waals surface area contributed by atoms with Crippen molar-refractivity contribution < 1.29 is 5.11 Å². The van der Waals surface area contributed by atoms with Gasteiger partial charge in [-0.1, -0.05) is 18.2 Å².